The molecule has 0 atom stereocenters. The first-order valence-electron chi connectivity index (χ1n) is 1.28. The summed E-state index contributed by atoms with van der Waals surface area (Å²) in [7, 11) is 0. The van der Waals surface area contributed by atoms with E-state index in [2.05, 4.69) is 24.6 Å². The summed E-state index contributed by atoms with van der Waals surface area (Å²) in [6.07, 6.45) is 0. The number of primary amides is 2. The summed E-state index contributed by atoms with van der Waals surface area (Å²) in [6.45, 7) is 6.00. The van der Waals surface area contributed by atoms with Gasteiger partial charge in [0, 0.05) is 0 Å². The molecule has 0 unspecified atom stereocenters. The van der Waals surface area contributed by atoms with Crippen LogP contribution < -0.4 is 23.8 Å². The first-order chi connectivity index (χ1) is 2.73. The van der Waals surface area contributed by atoms with Crippen molar-refractivity contribution in [3.05, 3.63) is 13.2 Å². The molecule has 0 spiro atoms. The van der Waals surface area contributed by atoms with Crippen molar-refractivity contribution in [3.8, 4) is 0 Å². The third-order valence-corrected chi connectivity index (χ3v) is 0. The highest BCUT2D eigenvalue weighted by molar-refractivity contribution is 5.69. The average Bonchev–Trinajstić information content (AvgIpc) is 1.41. The van der Waals surface area contributed by atoms with E-state index in [0.29, 0.717) is 0 Å². The Labute approximate surface area is 48.9 Å². The quantitative estimate of drug-likeness (QED) is 0.340. The zero-order valence-corrected chi connectivity index (χ0v) is 4.89. The lowest BCUT2D eigenvalue weighted by Crippen LogP contribution is -2.18. The predicted octanol–water partition coefficient (Wildman–Crippen LogP) is 0.150. The molecule has 0 bridgehead atoms. The molecule has 10 N–H and O–H groups in total. The molecule has 0 saturated carbocycles. The summed E-state index contributed by atoms with van der Waals surface area (Å²) in [5.41, 5.74) is 8.50. The highest BCUT2D eigenvalue weighted by Crippen LogP contribution is 1.25. The Balaban J connectivity index is -0.0000000183. The maximum atomic E-state index is 9.00. The molecule has 0 aromatic carbocycles. The lowest BCUT2D eigenvalue weighted by molar-refractivity contribution is 0.256. The zero-order valence-electron chi connectivity index (χ0n) is 4.89. The summed E-state index contributed by atoms with van der Waals surface area (Å²) in [4.78, 5) is 9.00. The molecule has 0 aliphatic rings. The number of urea groups is 1. The second-order valence-electron chi connectivity index (χ2n) is 0.402. The van der Waals surface area contributed by atoms with Gasteiger partial charge in [-0.3, -0.25) is 0 Å². The van der Waals surface area contributed by atoms with Crippen molar-refractivity contribution in [2.75, 3.05) is 0 Å². The fourth-order valence-corrected chi connectivity index (χ4v) is 0. The molecule has 0 fully saturated rings. The van der Waals surface area contributed by atoms with Crippen LogP contribution in [0.15, 0.2) is 13.2 Å². The molecule has 5 nitrogen and oxygen atoms in total. The van der Waals surface area contributed by atoms with Gasteiger partial charge in [-0.2, -0.15) is 0 Å². The van der Waals surface area contributed by atoms with E-state index in [4.69, 9.17) is 4.79 Å². The van der Waals surface area contributed by atoms with Gasteiger partial charge in [0.1, 0.15) is 0 Å². The Morgan fingerprint density at radius 3 is 1.12 bits per heavy atom. The summed E-state index contributed by atoms with van der Waals surface area (Å²) in [6, 6.07) is -0.833. The monoisotopic (exact) mass is 122 g/mol. The fourth-order valence-electron chi connectivity index (χ4n) is 0. The van der Waals surface area contributed by atoms with E-state index in [0.717, 1.165) is 0 Å². The fraction of sp³-hybridized carbons (Fsp3) is 0. The number of rotatable bonds is 0. The Hall–Kier alpha value is -1.07. The number of hydrogen-bond acceptors (Lipinski definition) is 3. The van der Waals surface area contributed by atoms with Crippen molar-refractivity contribution in [2.24, 2.45) is 11.5 Å². The lowest BCUT2D eigenvalue weighted by Gasteiger charge is -1.62. The molecule has 8 heavy (non-hydrogen) atoms. The van der Waals surface area contributed by atoms with Crippen LogP contribution in [0, 0.1) is 0 Å². The van der Waals surface area contributed by atoms with Gasteiger partial charge in [0.25, 0.3) is 0 Å². The van der Waals surface area contributed by atoms with Crippen molar-refractivity contribution in [1.29, 1.82) is 0 Å². The molecule has 52 valence electrons. The van der Waals surface area contributed by atoms with Crippen LogP contribution in [0.5, 0.6) is 0 Å². The molecule has 0 radical (unpaired) electrons. The zero-order chi connectivity index (χ0) is 5.58. The normalized spacial score (nSPS) is 3.50. The third-order valence-electron chi connectivity index (χ3n) is 0. The summed E-state index contributed by atoms with van der Waals surface area (Å²) in [5, 5.41) is 0. The molecule has 0 heterocycles. The van der Waals surface area contributed by atoms with Crippen LogP contribution in [0.3, 0.4) is 0 Å². The second-order valence-corrected chi connectivity index (χ2v) is 0.402. The third kappa shape index (κ3) is 66.5. The van der Waals surface area contributed by atoms with Crippen molar-refractivity contribution in [2.45, 2.75) is 0 Å². The van der Waals surface area contributed by atoms with Gasteiger partial charge >= 0.3 is 6.03 Å². The van der Waals surface area contributed by atoms with Crippen molar-refractivity contribution < 1.29 is 4.79 Å². The smallest absolute Gasteiger partial charge is 0.309 e. The maximum Gasteiger partial charge on any atom is 0.309 e. The van der Waals surface area contributed by atoms with Gasteiger partial charge in [-0.25, -0.2) is 4.79 Å². The van der Waals surface area contributed by atoms with Crippen LogP contribution in [0.4, 0.5) is 4.79 Å². The molecule has 0 aromatic rings. The minimum atomic E-state index is -0.833. The molecule has 2 amide bonds. The first-order valence-corrected chi connectivity index (χ1v) is 1.28. The van der Waals surface area contributed by atoms with E-state index in [1.54, 1.807) is 0 Å². The van der Waals surface area contributed by atoms with Gasteiger partial charge in [-0.15, -0.1) is 13.2 Å². The predicted molar refractivity (Wildman–Crippen MR) is 35.1 cm³/mol. The molecule has 0 rings (SSSR count). The van der Waals surface area contributed by atoms with E-state index in [1.165, 1.54) is 0 Å². The molecule has 0 aromatic heterocycles. The summed E-state index contributed by atoms with van der Waals surface area (Å²) >= 11 is 0. The van der Waals surface area contributed by atoms with Crippen molar-refractivity contribution in [1.82, 2.24) is 12.3 Å². The number of hydrogen-bond donors (Lipinski definition) is 4. The average molecular weight is 122 g/mol. The van der Waals surface area contributed by atoms with E-state index in [1.807, 2.05) is 0 Å². The highest BCUT2D eigenvalue weighted by Gasteiger charge is 1.60. The molecule has 0 aliphatic carbocycles. The Bertz CT molecular complexity index is 42.5. The van der Waals surface area contributed by atoms with Gasteiger partial charge in [0.2, 0.25) is 0 Å². The molecule has 5 heteroatoms. The van der Waals surface area contributed by atoms with Crippen LogP contribution >= 0.6 is 0 Å². The van der Waals surface area contributed by atoms with E-state index in [9.17, 15) is 0 Å². The van der Waals surface area contributed by atoms with Crippen LogP contribution in [-0.2, 0) is 0 Å². The van der Waals surface area contributed by atoms with E-state index in [-0.39, 0.29) is 12.3 Å². The van der Waals surface area contributed by atoms with Gasteiger partial charge in [0.05, 0.1) is 0 Å². The minimum absolute atomic E-state index is 0. The van der Waals surface area contributed by atoms with Crippen LogP contribution in [-0.4, -0.2) is 6.03 Å². The molecule has 0 aliphatic heterocycles. The lowest BCUT2D eigenvalue weighted by atomic mass is 11.2. The molecular weight excluding hydrogens is 108 g/mol. The Kier molecular flexibility index (Phi) is 137. The van der Waals surface area contributed by atoms with E-state index < -0.39 is 6.03 Å². The van der Waals surface area contributed by atoms with Gasteiger partial charge in [0.15, 0.2) is 0 Å². The van der Waals surface area contributed by atoms with Crippen LogP contribution in [0.1, 0.15) is 0 Å². The Morgan fingerprint density at radius 2 is 1.12 bits per heavy atom. The molecule has 0 saturated heterocycles. The second kappa shape index (κ2) is 38.7. The topological polar surface area (TPSA) is 139 Å². The summed E-state index contributed by atoms with van der Waals surface area (Å²) < 4.78 is 0. The molecular formula is C3H14N4O. The number of carbonyl (C=O) groups is 1. The minimum Gasteiger partial charge on any atom is -0.352 e. The van der Waals surface area contributed by atoms with Crippen molar-refractivity contribution >= 4 is 6.03 Å². The van der Waals surface area contributed by atoms with Gasteiger partial charge < -0.3 is 23.8 Å². The standard InChI is InChI=1S/C2H4.CH4N2O.2H3N/c1-2;2-1(3)4;;/h1-2H2;(H4,2,3,4);2*1H3. The van der Waals surface area contributed by atoms with E-state index >= 15 is 0 Å². The Morgan fingerprint density at radius 1 is 1.12 bits per heavy atom. The highest BCUT2D eigenvalue weighted by atomic mass is 16.2. The number of amides is 2. The van der Waals surface area contributed by atoms with Gasteiger partial charge in [-0.05, 0) is 0 Å². The van der Waals surface area contributed by atoms with Crippen LogP contribution in [0.2, 0.25) is 0 Å². The number of carbonyl (C=O) groups excluding carboxylic acids is 1. The van der Waals surface area contributed by atoms with Crippen molar-refractivity contribution in [3.63, 3.8) is 0 Å². The number of nitrogens with two attached hydrogens (primary N) is 2. The first kappa shape index (κ1) is 28.4. The van der Waals surface area contributed by atoms with Gasteiger partial charge in [-0.1, -0.05) is 0 Å². The van der Waals surface area contributed by atoms with Crippen LogP contribution in [0.25, 0.3) is 0 Å². The largest absolute Gasteiger partial charge is 0.352 e. The maximum absolute atomic E-state index is 9.00. The SMILES string of the molecule is C=C.N.N.NC(N)=O. The summed E-state index contributed by atoms with van der Waals surface area (Å²) in [5.74, 6) is 0.